The fourth-order valence-electron chi connectivity index (χ4n) is 3.01. The van der Waals surface area contributed by atoms with Gasteiger partial charge in [-0.25, -0.2) is 0 Å². The first-order valence-corrected chi connectivity index (χ1v) is 9.38. The van der Waals surface area contributed by atoms with Gasteiger partial charge >= 0.3 is 0 Å². The molecular weight excluding hydrogens is 290 g/mol. The minimum Gasteiger partial charge on any atom is -0.313 e. The molecule has 1 N–H and O–H groups in total. The fourth-order valence-corrected chi connectivity index (χ4v) is 4.61. The van der Waals surface area contributed by atoms with Crippen LogP contribution < -0.4 is 5.32 Å². The average Bonchev–Trinajstić information content (AvgIpc) is 2.95. The van der Waals surface area contributed by atoms with Gasteiger partial charge < -0.3 is 5.32 Å². The van der Waals surface area contributed by atoms with Crippen molar-refractivity contribution >= 4 is 22.4 Å². The molecule has 1 saturated carbocycles. The average molecular weight is 314 g/mol. The first kappa shape index (κ1) is 16.0. The number of rotatable bonds is 7. The van der Waals surface area contributed by atoms with Gasteiger partial charge in [0.25, 0.3) is 0 Å². The summed E-state index contributed by atoms with van der Waals surface area (Å²) in [6.45, 7) is 3.09. The smallest absolute Gasteiger partial charge is 0.0486 e. The second-order valence-electron chi connectivity index (χ2n) is 5.59. The van der Waals surface area contributed by atoms with Crippen LogP contribution in [-0.4, -0.2) is 22.5 Å². The van der Waals surface area contributed by atoms with Crippen LogP contribution in [0.15, 0.2) is 24.3 Å². The molecule has 1 aliphatic rings. The van der Waals surface area contributed by atoms with Crippen molar-refractivity contribution in [3.05, 3.63) is 34.9 Å². The lowest BCUT2D eigenvalue weighted by atomic mass is 10.00. The highest BCUT2D eigenvalue weighted by atomic mass is 35.5. The molecule has 0 aliphatic heterocycles. The Morgan fingerprint density at radius 3 is 2.55 bits per heavy atom. The zero-order valence-corrected chi connectivity index (χ0v) is 13.7. The van der Waals surface area contributed by atoms with E-state index in [0.29, 0.717) is 17.7 Å². The quantitative estimate of drug-likeness (QED) is 0.830. The van der Waals surface area contributed by atoms with E-state index in [0.717, 1.165) is 22.9 Å². The topological polar surface area (TPSA) is 29.1 Å². The van der Waals surface area contributed by atoms with Gasteiger partial charge in [-0.1, -0.05) is 43.5 Å². The van der Waals surface area contributed by atoms with E-state index >= 15 is 0 Å². The third kappa shape index (κ3) is 4.87. The van der Waals surface area contributed by atoms with Gasteiger partial charge in [-0.2, -0.15) is 0 Å². The van der Waals surface area contributed by atoms with Crippen LogP contribution >= 0.6 is 11.6 Å². The Bertz CT molecular complexity index is 429. The maximum atomic E-state index is 12.4. The SMILES string of the molecule is CCNC(CS(=O)Cc1ccc(Cl)cc1)C1CCCC1. The molecule has 2 nitrogen and oxygen atoms in total. The molecule has 0 amide bonds. The van der Waals surface area contributed by atoms with Gasteiger partial charge in [0.1, 0.15) is 0 Å². The van der Waals surface area contributed by atoms with Crippen molar-refractivity contribution in [1.82, 2.24) is 5.32 Å². The minimum atomic E-state index is -0.811. The van der Waals surface area contributed by atoms with Crippen molar-refractivity contribution in [2.75, 3.05) is 12.3 Å². The third-order valence-corrected chi connectivity index (χ3v) is 5.68. The van der Waals surface area contributed by atoms with E-state index < -0.39 is 10.8 Å². The van der Waals surface area contributed by atoms with E-state index in [1.807, 2.05) is 24.3 Å². The Morgan fingerprint density at radius 1 is 1.30 bits per heavy atom. The monoisotopic (exact) mass is 313 g/mol. The van der Waals surface area contributed by atoms with Crippen LogP contribution in [-0.2, 0) is 16.6 Å². The molecule has 0 aromatic heterocycles. The van der Waals surface area contributed by atoms with Gasteiger partial charge in [0.2, 0.25) is 0 Å². The molecule has 0 spiro atoms. The highest BCUT2D eigenvalue weighted by molar-refractivity contribution is 7.84. The Balaban J connectivity index is 1.88. The van der Waals surface area contributed by atoms with Crippen molar-refractivity contribution in [2.24, 2.45) is 5.92 Å². The summed E-state index contributed by atoms with van der Waals surface area (Å²) in [6.07, 6.45) is 5.23. The lowest BCUT2D eigenvalue weighted by Crippen LogP contribution is -2.39. The Hall–Kier alpha value is -0.380. The van der Waals surface area contributed by atoms with Gasteiger partial charge in [0.05, 0.1) is 0 Å². The summed E-state index contributed by atoms with van der Waals surface area (Å²) in [5, 5.41) is 4.27. The summed E-state index contributed by atoms with van der Waals surface area (Å²) in [7, 11) is -0.811. The number of hydrogen-bond donors (Lipinski definition) is 1. The van der Waals surface area contributed by atoms with Crippen LogP contribution in [0.3, 0.4) is 0 Å². The van der Waals surface area contributed by atoms with Gasteiger partial charge in [-0.05, 0) is 43.0 Å². The minimum absolute atomic E-state index is 0.413. The zero-order valence-electron chi connectivity index (χ0n) is 12.1. The largest absolute Gasteiger partial charge is 0.313 e. The molecule has 1 fully saturated rings. The second-order valence-corrected chi connectivity index (χ2v) is 7.52. The molecule has 0 bridgehead atoms. The Kier molecular flexibility index (Phi) is 6.53. The summed E-state index contributed by atoms with van der Waals surface area (Å²) in [4.78, 5) is 0. The molecule has 1 aromatic rings. The van der Waals surface area contributed by atoms with Crippen LogP contribution in [0.5, 0.6) is 0 Å². The summed E-state index contributed by atoms with van der Waals surface area (Å²) in [5.74, 6) is 2.11. The van der Waals surface area contributed by atoms with E-state index in [9.17, 15) is 4.21 Å². The van der Waals surface area contributed by atoms with Gasteiger partial charge in [-0.15, -0.1) is 0 Å². The molecular formula is C16H24ClNOS. The molecule has 1 aromatic carbocycles. The fraction of sp³-hybridized carbons (Fsp3) is 0.625. The van der Waals surface area contributed by atoms with Crippen LogP contribution in [0.2, 0.25) is 5.02 Å². The molecule has 20 heavy (non-hydrogen) atoms. The van der Waals surface area contributed by atoms with Crippen LogP contribution in [0.1, 0.15) is 38.2 Å². The van der Waals surface area contributed by atoms with E-state index in [1.165, 1.54) is 25.7 Å². The van der Waals surface area contributed by atoms with Crippen molar-refractivity contribution in [2.45, 2.75) is 44.4 Å². The van der Waals surface area contributed by atoms with Gasteiger partial charge in [0.15, 0.2) is 0 Å². The van der Waals surface area contributed by atoms with E-state index in [4.69, 9.17) is 11.6 Å². The third-order valence-electron chi connectivity index (χ3n) is 4.04. The highest BCUT2D eigenvalue weighted by Crippen LogP contribution is 2.28. The highest BCUT2D eigenvalue weighted by Gasteiger charge is 2.25. The predicted octanol–water partition coefficient (Wildman–Crippen LogP) is 3.76. The summed E-state index contributed by atoms with van der Waals surface area (Å²) in [5.41, 5.74) is 1.11. The number of halogens is 1. The summed E-state index contributed by atoms with van der Waals surface area (Å²) < 4.78 is 12.4. The molecule has 0 heterocycles. The Labute approximate surface area is 129 Å². The van der Waals surface area contributed by atoms with Crippen molar-refractivity contribution in [3.8, 4) is 0 Å². The van der Waals surface area contributed by atoms with E-state index in [1.54, 1.807) is 0 Å². The van der Waals surface area contributed by atoms with Crippen LogP contribution in [0.4, 0.5) is 0 Å². The van der Waals surface area contributed by atoms with E-state index in [2.05, 4.69) is 12.2 Å². The van der Waals surface area contributed by atoms with Crippen molar-refractivity contribution in [1.29, 1.82) is 0 Å². The molecule has 0 radical (unpaired) electrons. The maximum absolute atomic E-state index is 12.4. The molecule has 2 unspecified atom stereocenters. The standard InChI is InChI=1S/C16H24ClNOS/c1-2-18-16(14-5-3-4-6-14)12-20(19)11-13-7-9-15(17)10-8-13/h7-10,14,16,18H,2-6,11-12H2,1H3. The number of hydrogen-bond acceptors (Lipinski definition) is 2. The summed E-state index contributed by atoms with van der Waals surface area (Å²) in [6, 6.07) is 8.09. The zero-order chi connectivity index (χ0) is 14.4. The second kappa shape index (κ2) is 8.16. The maximum Gasteiger partial charge on any atom is 0.0486 e. The normalized spacial score (nSPS) is 19.1. The van der Waals surface area contributed by atoms with E-state index in [-0.39, 0.29) is 0 Å². The lowest BCUT2D eigenvalue weighted by Gasteiger charge is -2.23. The molecule has 2 rings (SSSR count). The number of nitrogens with one attached hydrogen (secondary N) is 1. The predicted molar refractivity (Wildman–Crippen MR) is 87.6 cm³/mol. The Morgan fingerprint density at radius 2 is 1.95 bits per heavy atom. The van der Waals surface area contributed by atoms with Gasteiger partial charge in [-0.3, -0.25) is 4.21 Å². The van der Waals surface area contributed by atoms with Crippen molar-refractivity contribution < 1.29 is 4.21 Å². The number of benzene rings is 1. The van der Waals surface area contributed by atoms with Gasteiger partial charge in [0, 0.05) is 33.4 Å². The van der Waals surface area contributed by atoms with Crippen LogP contribution in [0, 0.1) is 5.92 Å². The lowest BCUT2D eigenvalue weighted by molar-refractivity contribution is 0.392. The molecule has 1 aliphatic carbocycles. The van der Waals surface area contributed by atoms with Crippen LogP contribution in [0.25, 0.3) is 0 Å². The van der Waals surface area contributed by atoms with Crippen molar-refractivity contribution in [3.63, 3.8) is 0 Å². The molecule has 2 atom stereocenters. The molecule has 112 valence electrons. The summed E-state index contributed by atoms with van der Waals surface area (Å²) >= 11 is 5.87. The molecule has 0 saturated heterocycles. The first-order valence-electron chi connectivity index (χ1n) is 7.52. The first-order chi connectivity index (χ1) is 9.69. The molecule has 4 heteroatoms.